The fourth-order valence-corrected chi connectivity index (χ4v) is 6.62. The van der Waals surface area contributed by atoms with Crippen molar-refractivity contribution < 1.29 is 31.9 Å². The number of nitrogens with zero attached hydrogens (tertiary/aromatic N) is 1. The zero-order valence-electron chi connectivity index (χ0n) is 21.8. The number of aliphatic hydroxyl groups is 1. The van der Waals surface area contributed by atoms with Gasteiger partial charge in [-0.1, -0.05) is 46.0 Å². The third-order valence-corrected chi connectivity index (χ3v) is 8.77. The summed E-state index contributed by atoms with van der Waals surface area (Å²) in [6.07, 6.45) is 6.65. The first-order valence-electron chi connectivity index (χ1n) is 13.1. The van der Waals surface area contributed by atoms with E-state index in [4.69, 9.17) is 19.3 Å². The highest BCUT2D eigenvalue weighted by atomic mass is 32.2. The normalized spacial score (nSPS) is 16.7. The number of carbonyl (C=O) groups is 1. The first-order chi connectivity index (χ1) is 18.1. The van der Waals surface area contributed by atoms with Crippen LogP contribution in [-0.4, -0.2) is 49.2 Å². The number of rotatable bonds is 11. The summed E-state index contributed by atoms with van der Waals surface area (Å²) in [4.78, 5) is 13.0. The molecule has 11 heteroatoms. The number of hydrogen-bond donors (Lipinski definition) is 3. The summed E-state index contributed by atoms with van der Waals surface area (Å²) < 4.78 is 44.1. The number of ether oxygens (including phenoxy) is 1. The highest BCUT2D eigenvalue weighted by Gasteiger charge is 2.33. The van der Waals surface area contributed by atoms with Crippen LogP contribution >= 0.6 is 0 Å². The molecule has 4 rings (SSSR count). The third-order valence-electron chi connectivity index (χ3n) is 6.93. The monoisotopic (exact) mass is 547 g/mol. The summed E-state index contributed by atoms with van der Waals surface area (Å²) >= 11 is 0. The number of hydrogen-bond acceptors (Lipinski definition) is 8. The fraction of sp³-hybridized carbons (Fsp3) is 0.519. The molecule has 208 valence electrons. The van der Waals surface area contributed by atoms with E-state index in [0.29, 0.717) is 23.4 Å². The molecule has 10 nitrogen and oxygen atoms in total. The molecule has 2 aromatic heterocycles. The second-order valence-corrected chi connectivity index (χ2v) is 12.4. The smallest absolute Gasteiger partial charge is 0.413 e. The predicted octanol–water partition coefficient (Wildman–Crippen LogP) is 4.74. The van der Waals surface area contributed by atoms with Crippen LogP contribution in [0.2, 0.25) is 0 Å². The molecule has 0 radical (unpaired) electrons. The van der Waals surface area contributed by atoms with Crippen LogP contribution in [0.15, 0.2) is 56.6 Å². The molecule has 0 bridgehead atoms. The van der Waals surface area contributed by atoms with Crippen molar-refractivity contribution in [1.29, 1.82) is 0 Å². The topological polar surface area (TPSA) is 148 Å². The van der Waals surface area contributed by atoms with Gasteiger partial charge in [0.05, 0.1) is 23.3 Å². The molecule has 2 atom stereocenters. The van der Waals surface area contributed by atoms with Crippen LogP contribution in [0.4, 0.5) is 10.5 Å². The zero-order chi connectivity index (χ0) is 27.3. The van der Waals surface area contributed by atoms with Crippen molar-refractivity contribution in [3.8, 4) is 5.75 Å². The number of anilines is 1. The lowest BCUT2D eigenvalue weighted by atomic mass is 9.83. The van der Waals surface area contributed by atoms with Crippen molar-refractivity contribution in [3.05, 3.63) is 42.9 Å². The molecule has 0 saturated heterocycles. The Hall–Kier alpha value is -3.02. The number of fused-ring (bicyclic) bond motifs is 1. The van der Waals surface area contributed by atoms with Gasteiger partial charge >= 0.3 is 11.9 Å². The summed E-state index contributed by atoms with van der Waals surface area (Å²) in [5.41, 5.74) is 6.20. The number of aliphatic hydroxyl groups excluding tert-OH is 1. The summed E-state index contributed by atoms with van der Waals surface area (Å²) in [5, 5.41) is 14.7. The number of benzene rings is 1. The second-order valence-electron chi connectivity index (χ2n) is 10.5. The van der Waals surface area contributed by atoms with Crippen molar-refractivity contribution in [2.75, 3.05) is 18.8 Å². The molecule has 4 N–H and O–H groups in total. The molecule has 3 aromatic rings. The van der Waals surface area contributed by atoms with Gasteiger partial charge in [0.2, 0.25) is 10.0 Å². The van der Waals surface area contributed by atoms with Crippen LogP contribution in [0, 0.1) is 11.8 Å². The molecular weight excluding hydrogens is 510 g/mol. The summed E-state index contributed by atoms with van der Waals surface area (Å²) in [6.45, 7) is 3.85. The summed E-state index contributed by atoms with van der Waals surface area (Å²) in [5.74, 6) is 0.762. The number of nitrogens with one attached hydrogen (secondary N) is 1. The number of nitrogen functional groups attached to an aromatic ring is 1. The van der Waals surface area contributed by atoms with Gasteiger partial charge in [0.1, 0.15) is 11.6 Å². The van der Waals surface area contributed by atoms with E-state index in [1.54, 1.807) is 6.07 Å². The van der Waals surface area contributed by atoms with Crippen molar-refractivity contribution in [3.63, 3.8) is 0 Å². The van der Waals surface area contributed by atoms with E-state index in [1.165, 1.54) is 47.5 Å². The van der Waals surface area contributed by atoms with E-state index in [9.17, 15) is 18.3 Å². The Bertz CT molecular complexity index is 1290. The maximum atomic E-state index is 13.5. The first-order valence-corrected chi connectivity index (χ1v) is 14.5. The number of sulfonamides is 1. The van der Waals surface area contributed by atoms with Gasteiger partial charge in [-0.15, -0.1) is 0 Å². The standard InChI is InChI=1S/C27H37N3O7S/c1-18(2)15-30(38(33,34)21-10-8-20(28)9-11-21)16-24(31)23(14-19-6-4-3-5-7-19)29-27(32)37-25-17-36-26-22(25)12-13-35-26/h8-13,17-19,23-24,31H,3-7,14-16,28H2,1-2H3,(H,29,32)/t23-,24+/m0/s1. The van der Waals surface area contributed by atoms with E-state index in [-0.39, 0.29) is 35.4 Å². The number of nitrogens with two attached hydrogens (primary N) is 1. The lowest BCUT2D eigenvalue weighted by molar-refractivity contribution is 0.0856. The largest absolute Gasteiger partial charge is 0.433 e. The van der Waals surface area contributed by atoms with E-state index in [2.05, 4.69) is 5.32 Å². The summed E-state index contributed by atoms with van der Waals surface area (Å²) in [7, 11) is -3.91. The molecule has 1 saturated carbocycles. The third kappa shape index (κ3) is 6.89. The van der Waals surface area contributed by atoms with Gasteiger partial charge in [-0.3, -0.25) is 0 Å². The minimum Gasteiger partial charge on any atom is -0.433 e. The van der Waals surface area contributed by atoms with Gasteiger partial charge < -0.3 is 29.7 Å². The predicted molar refractivity (Wildman–Crippen MR) is 143 cm³/mol. The minimum absolute atomic E-state index is 0.0129. The lowest BCUT2D eigenvalue weighted by Gasteiger charge is -2.33. The van der Waals surface area contributed by atoms with Gasteiger partial charge in [0, 0.05) is 18.8 Å². The average Bonchev–Trinajstić information content (AvgIpc) is 3.49. The average molecular weight is 548 g/mol. The molecular formula is C27H37N3O7S. The molecule has 0 aliphatic heterocycles. The maximum Gasteiger partial charge on any atom is 0.413 e. The van der Waals surface area contributed by atoms with Crippen LogP contribution in [-0.2, 0) is 10.0 Å². The van der Waals surface area contributed by atoms with Gasteiger partial charge in [0.15, 0.2) is 5.75 Å². The Morgan fingerprint density at radius 2 is 1.84 bits per heavy atom. The number of furan rings is 2. The van der Waals surface area contributed by atoms with Crippen LogP contribution in [0.1, 0.15) is 52.4 Å². The second kappa shape index (κ2) is 12.2. The van der Waals surface area contributed by atoms with Crippen molar-refractivity contribution in [2.45, 2.75) is 69.4 Å². The minimum atomic E-state index is -3.91. The van der Waals surface area contributed by atoms with Gasteiger partial charge in [-0.25, -0.2) is 13.2 Å². The van der Waals surface area contributed by atoms with Crippen molar-refractivity contribution in [2.24, 2.45) is 11.8 Å². The zero-order valence-corrected chi connectivity index (χ0v) is 22.7. The van der Waals surface area contributed by atoms with Crippen LogP contribution < -0.4 is 15.8 Å². The maximum absolute atomic E-state index is 13.5. The van der Waals surface area contributed by atoms with Crippen LogP contribution in [0.3, 0.4) is 0 Å². The van der Waals surface area contributed by atoms with E-state index < -0.39 is 28.3 Å². The molecule has 1 aliphatic carbocycles. The SMILES string of the molecule is CC(C)CN(C[C@@H](O)[C@H](CC1CCCCC1)NC(=O)Oc1coc2occc12)S(=O)(=O)c1ccc(N)cc1. The fourth-order valence-electron chi connectivity index (χ4n) is 5.00. The molecule has 2 heterocycles. The number of carbonyl (C=O) groups excluding carboxylic acids is 1. The molecule has 1 amide bonds. The van der Waals surface area contributed by atoms with Gasteiger partial charge in [-0.05, 0) is 48.6 Å². The lowest BCUT2D eigenvalue weighted by Crippen LogP contribution is -2.51. The first kappa shape index (κ1) is 28.0. The van der Waals surface area contributed by atoms with Gasteiger partial charge in [0.25, 0.3) is 0 Å². The van der Waals surface area contributed by atoms with E-state index in [1.807, 2.05) is 13.8 Å². The Kier molecular flexibility index (Phi) is 9.01. The highest BCUT2D eigenvalue weighted by molar-refractivity contribution is 7.89. The molecule has 1 aromatic carbocycles. The molecule has 0 spiro atoms. The Morgan fingerprint density at radius 3 is 2.53 bits per heavy atom. The van der Waals surface area contributed by atoms with Crippen molar-refractivity contribution >= 4 is 33.0 Å². The van der Waals surface area contributed by atoms with Crippen molar-refractivity contribution in [1.82, 2.24) is 9.62 Å². The van der Waals surface area contributed by atoms with Gasteiger partial charge in [-0.2, -0.15) is 4.31 Å². The van der Waals surface area contributed by atoms with Crippen LogP contribution in [0.25, 0.3) is 11.2 Å². The number of amides is 1. The Morgan fingerprint density at radius 1 is 1.13 bits per heavy atom. The Labute approximate surface area is 223 Å². The quantitative estimate of drug-likeness (QED) is 0.292. The van der Waals surface area contributed by atoms with Crippen LogP contribution in [0.5, 0.6) is 5.75 Å². The summed E-state index contributed by atoms with van der Waals surface area (Å²) in [6, 6.07) is 6.90. The molecule has 1 fully saturated rings. The van der Waals surface area contributed by atoms with E-state index in [0.717, 1.165) is 25.7 Å². The molecule has 38 heavy (non-hydrogen) atoms. The molecule has 0 unspecified atom stereocenters. The van der Waals surface area contributed by atoms with E-state index >= 15 is 0 Å². The Balaban J connectivity index is 1.52. The molecule has 1 aliphatic rings. The highest BCUT2D eigenvalue weighted by Crippen LogP contribution is 2.30.